The standard InChI is InChI=1S/C17H32O/c1-2-3-8-13-17(18)14-9-7-12-16(17)15-10-5-4-6-11-15/h15-16,18H,2-14H2,1H3. The lowest BCUT2D eigenvalue weighted by atomic mass is 9.64. The van der Waals surface area contributed by atoms with Gasteiger partial charge < -0.3 is 5.11 Å². The molecular formula is C17H32O. The van der Waals surface area contributed by atoms with Crippen molar-refractivity contribution in [3.8, 4) is 0 Å². The Morgan fingerprint density at radius 2 is 1.67 bits per heavy atom. The summed E-state index contributed by atoms with van der Waals surface area (Å²) in [6.45, 7) is 2.25. The highest BCUT2D eigenvalue weighted by molar-refractivity contribution is 4.93. The molecular weight excluding hydrogens is 220 g/mol. The number of aliphatic hydroxyl groups is 1. The molecule has 2 aliphatic carbocycles. The van der Waals surface area contributed by atoms with E-state index in [9.17, 15) is 5.11 Å². The van der Waals surface area contributed by atoms with Gasteiger partial charge in [0.25, 0.3) is 0 Å². The fourth-order valence-electron chi connectivity index (χ4n) is 4.45. The van der Waals surface area contributed by atoms with Gasteiger partial charge in [-0.15, -0.1) is 0 Å². The molecule has 0 radical (unpaired) electrons. The molecule has 106 valence electrons. The summed E-state index contributed by atoms with van der Waals surface area (Å²) in [5, 5.41) is 11.1. The molecule has 2 fully saturated rings. The van der Waals surface area contributed by atoms with E-state index >= 15 is 0 Å². The average Bonchev–Trinajstić information content (AvgIpc) is 2.40. The van der Waals surface area contributed by atoms with Crippen LogP contribution in [0.3, 0.4) is 0 Å². The second-order valence-corrected chi connectivity index (χ2v) is 6.81. The molecule has 2 atom stereocenters. The molecule has 0 spiro atoms. The lowest BCUT2D eigenvalue weighted by Crippen LogP contribution is -2.44. The predicted molar refractivity (Wildman–Crippen MR) is 77.6 cm³/mol. The number of hydrogen-bond donors (Lipinski definition) is 1. The van der Waals surface area contributed by atoms with Crippen molar-refractivity contribution >= 4 is 0 Å². The Morgan fingerprint density at radius 3 is 2.39 bits per heavy atom. The molecule has 0 aromatic carbocycles. The van der Waals surface area contributed by atoms with Gasteiger partial charge in [-0.1, -0.05) is 71.1 Å². The van der Waals surface area contributed by atoms with Crippen LogP contribution < -0.4 is 0 Å². The van der Waals surface area contributed by atoms with Gasteiger partial charge in [-0.2, -0.15) is 0 Å². The number of rotatable bonds is 5. The van der Waals surface area contributed by atoms with Crippen LogP contribution in [-0.2, 0) is 0 Å². The van der Waals surface area contributed by atoms with Crippen LogP contribution in [0.15, 0.2) is 0 Å². The summed E-state index contributed by atoms with van der Waals surface area (Å²) >= 11 is 0. The van der Waals surface area contributed by atoms with Crippen LogP contribution in [0.1, 0.15) is 90.4 Å². The maximum atomic E-state index is 11.1. The van der Waals surface area contributed by atoms with E-state index in [2.05, 4.69) is 6.92 Å². The van der Waals surface area contributed by atoms with Crippen LogP contribution in [0, 0.1) is 11.8 Å². The van der Waals surface area contributed by atoms with Crippen molar-refractivity contribution in [2.45, 2.75) is 96.0 Å². The maximum absolute atomic E-state index is 11.1. The molecule has 1 heteroatoms. The van der Waals surface area contributed by atoms with Crippen molar-refractivity contribution in [3.63, 3.8) is 0 Å². The number of hydrogen-bond acceptors (Lipinski definition) is 1. The zero-order valence-corrected chi connectivity index (χ0v) is 12.3. The second-order valence-electron chi connectivity index (χ2n) is 6.81. The highest BCUT2D eigenvalue weighted by atomic mass is 16.3. The van der Waals surface area contributed by atoms with Crippen molar-refractivity contribution in [2.24, 2.45) is 11.8 Å². The van der Waals surface area contributed by atoms with E-state index < -0.39 is 0 Å². The summed E-state index contributed by atoms with van der Waals surface area (Å²) in [5.74, 6) is 1.47. The van der Waals surface area contributed by atoms with Gasteiger partial charge in [0.1, 0.15) is 0 Å². The molecule has 0 saturated heterocycles. The van der Waals surface area contributed by atoms with E-state index in [1.165, 1.54) is 70.6 Å². The summed E-state index contributed by atoms with van der Waals surface area (Å²) in [5.41, 5.74) is -0.296. The quantitative estimate of drug-likeness (QED) is 0.677. The van der Waals surface area contributed by atoms with Gasteiger partial charge in [-0.3, -0.25) is 0 Å². The van der Waals surface area contributed by atoms with Gasteiger partial charge >= 0.3 is 0 Å². The van der Waals surface area contributed by atoms with Crippen LogP contribution in [0.4, 0.5) is 0 Å². The molecule has 0 heterocycles. The topological polar surface area (TPSA) is 20.2 Å². The molecule has 1 nitrogen and oxygen atoms in total. The molecule has 18 heavy (non-hydrogen) atoms. The van der Waals surface area contributed by atoms with Gasteiger partial charge in [0.2, 0.25) is 0 Å². The summed E-state index contributed by atoms with van der Waals surface area (Å²) < 4.78 is 0. The molecule has 0 amide bonds. The summed E-state index contributed by atoms with van der Waals surface area (Å²) in [7, 11) is 0. The first-order valence-electron chi connectivity index (χ1n) is 8.48. The molecule has 2 saturated carbocycles. The van der Waals surface area contributed by atoms with E-state index in [1.807, 2.05) is 0 Å². The Kier molecular flexibility index (Phi) is 5.54. The van der Waals surface area contributed by atoms with Gasteiger partial charge in [0, 0.05) is 0 Å². The van der Waals surface area contributed by atoms with E-state index in [0.717, 1.165) is 18.8 Å². The average molecular weight is 252 g/mol. The minimum Gasteiger partial charge on any atom is -0.390 e. The molecule has 2 rings (SSSR count). The number of unbranched alkanes of at least 4 members (excludes halogenated alkanes) is 2. The Morgan fingerprint density at radius 1 is 0.944 bits per heavy atom. The predicted octanol–water partition coefficient (Wildman–Crippen LogP) is 5.07. The fraction of sp³-hybridized carbons (Fsp3) is 1.00. The molecule has 1 N–H and O–H groups in total. The van der Waals surface area contributed by atoms with E-state index in [-0.39, 0.29) is 5.60 Å². The SMILES string of the molecule is CCCCCC1(O)CCCCC1C1CCCCC1. The first-order valence-corrected chi connectivity index (χ1v) is 8.48. The van der Waals surface area contributed by atoms with Crippen LogP contribution in [-0.4, -0.2) is 10.7 Å². The van der Waals surface area contributed by atoms with Crippen molar-refractivity contribution in [3.05, 3.63) is 0 Å². The van der Waals surface area contributed by atoms with Crippen molar-refractivity contribution < 1.29 is 5.11 Å². The van der Waals surface area contributed by atoms with Crippen molar-refractivity contribution in [1.82, 2.24) is 0 Å². The highest BCUT2D eigenvalue weighted by Gasteiger charge is 2.42. The van der Waals surface area contributed by atoms with Crippen LogP contribution in [0.5, 0.6) is 0 Å². The zero-order valence-electron chi connectivity index (χ0n) is 12.3. The third kappa shape index (κ3) is 3.50. The van der Waals surface area contributed by atoms with Crippen LogP contribution >= 0.6 is 0 Å². The van der Waals surface area contributed by atoms with Crippen LogP contribution in [0.2, 0.25) is 0 Å². The minimum absolute atomic E-state index is 0.296. The second kappa shape index (κ2) is 6.93. The molecule has 0 aromatic heterocycles. The Bertz CT molecular complexity index is 232. The summed E-state index contributed by atoms with van der Waals surface area (Å²) in [6, 6.07) is 0. The Hall–Kier alpha value is -0.0400. The Labute approximate surface area is 113 Å². The molecule has 0 aromatic rings. The third-order valence-corrected chi connectivity index (χ3v) is 5.50. The molecule has 0 bridgehead atoms. The zero-order chi connectivity index (χ0) is 12.8. The Balaban J connectivity index is 1.94. The molecule has 0 aliphatic heterocycles. The van der Waals surface area contributed by atoms with Gasteiger partial charge in [0.15, 0.2) is 0 Å². The maximum Gasteiger partial charge on any atom is 0.0678 e. The molecule has 2 unspecified atom stereocenters. The lowest BCUT2D eigenvalue weighted by molar-refractivity contribution is -0.0841. The van der Waals surface area contributed by atoms with Crippen LogP contribution in [0.25, 0.3) is 0 Å². The first-order chi connectivity index (χ1) is 8.76. The summed E-state index contributed by atoms with van der Waals surface area (Å²) in [6.07, 6.45) is 16.9. The fourth-order valence-corrected chi connectivity index (χ4v) is 4.45. The first kappa shape index (κ1) is 14.4. The molecule has 2 aliphatic rings. The largest absolute Gasteiger partial charge is 0.390 e. The third-order valence-electron chi connectivity index (χ3n) is 5.50. The van der Waals surface area contributed by atoms with Gasteiger partial charge in [-0.05, 0) is 31.1 Å². The van der Waals surface area contributed by atoms with Gasteiger partial charge in [-0.25, -0.2) is 0 Å². The normalized spacial score (nSPS) is 34.7. The monoisotopic (exact) mass is 252 g/mol. The van der Waals surface area contributed by atoms with E-state index in [4.69, 9.17) is 0 Å². The van der Waals surface area contributed by atoms with Gasteiger partial charge in [0.05, 0.1) is 5.60 Å². The smallest absolute Gasteiger partial charge is 0.0678 e. The van der Waals surface area contributed by atoms with E-state index in [0.29, 0.717) is 5.92 Å². The van der Waals surface area contributed by atoms with E-state index in [1.54, 1.807) is 0 Å². The highest BCUT2D eigenvalue weighted by Crippen LogP contribution is 2.45. The van der Waals surface area contributed by atoms with Crippen molar-refractivity contribution in [2.75, 3.05) is 0 Å². The van der Waals surface area contributed by atoms with Crippen molar-refractivity contribution in [1.29, 1.82) is 0 Å². The minimum atomic E-state index is -0.296. The summed E-state index contributed by atoms with van der Waals surface area (Å²) in [4.78, 5) is 0. The lowest BCUT2D eigenvalue weighted by Gasteiger charge is -2.45.